The molecule has 1 rings (SSSR count). The first kappa shape index (κ1) is 12.7. The molecule has 1 heterocycles. The summed E-state index contributed by atoms with van der Waals surface area (Å²) in [4.78, 5) is 3.83. The highest BCUT2D eigenvalue weighted by Crippen LogP contribution is 2.11. The molecule has 0 bridgehead atoms. The SMILES string of the molecule is CNC(C(F)F)C(F)C=Cc1cccnc1. The molecule has 2 unspecified atom stereocenters. The van der Waals surface area contributed by atoms with E-state index in [2.05, 4.69) is 10.3 Å². The lowest BCUT2D eigenvalue weighted by Crippen LogP contribution is -2.40. The van der Waals surface area contributed by atoms with Crippen molar-refractivity contribution in [2.75, 3.05) is 7.05 Å². The van der Waals surface area contributed by atoms with Gasteiger partial charge in [0.2, 0.25) is 0 Å². The Bertz CT molecular complexity index is 327. The maximum Gasteiger partial charge on any atom is 0.256 e. The number of hydrogen-bond acceptors (Lipinski definition) is 2. The van der Waals surface area contributed by atoms with Crippen molar-refractivity contribution in [3.8, 4) is 0 Å². The van der Waals surface area contributed by atoms with Crippen LogP contribution in [-0.4, -0.2) is 30.7 Å². The number of halogens is 3. The Morgan fingerprint density at radius 3 is 2.62 bits per heavy atom. The molecule has 0 aliphatic heterocycles. The van der Waals surface area contributed by atoms with Crippen molar-refractivity contribution in [3.63, 3.8) is 0 Å². The van der Waals surface area contributed by atoms with E-state index in [-0.39, 0.29) is 0 Å². The number of nitrogens with one attached hydrogen (secondary N) is 1. The van der Waals surface area contributed by atoms with Crippen LogP contribution < -0.4 is 5.32 Å². The van der Waals surface area contributed by atoms with Crippen LogP contribution in [0.4, 0.5) is 13.2 Å². The average Bonchev–Trinajstić information content (AvgIpc) is 2.28. The largest absolute Gasteiger partial charge is 0.309 e. The summed E-state index contributed by atoms with van der Waals surface area (Å²) < 4.78 is 38.0. The van der Waals surface area contributed by atoms with E-state index in [1.54, 1.807) is 18.3 Å². The van der Waals surface area contributed by atoms with Crippen molar-refractivity contribution in [1.82, 2.24) is 10.3 Å². The molecule has 1 N–H and O–H groups in total. The highest BCUT2D eigenvalue weighted by Gasteiger charge is 2.26. The van der Waals surface area contributed by atoms with E-state index in [0.717, 1.165) is 6.08 Å². The topological polar surface area (TPSA) is 24.9 Å². The maximum absolute atomic E-state index is 13.4. The lowest BCUT2D eigenvalue weighted by Gasteiger charge is -2.16. The number of nitrogens with zero attached hydrogens (tertiary/aromatic N) is 1. The molecule has 2 nitrogen and oxygen atoms in total. The van der Waals surface area contributed by atoms with Crippen molar-refractivity contribution in [1.29, 1.82) is 0 Å². The lowest BCUT2D eigenvalue weighted by molar-refractivity contribution is 0.0720. The normalized spacial score (nSPS) is 15.6. The van der Waals surface area contributed by atoms with E-state index < -0.39 is 18.6 Å². The van der Waals surface area contributed by atoms with Crippen LogP contribution in [0.2, 0.25) is 0 Å². The van der Waals surface area contributed by atoms with Gasteiger partial charge in [-0.15, -0.1) is 0 Å². The van der Waals surface area contributed by atoms with Crippen LogP contribution in [0.15, 0.2) is 30.6 Å². The van der Waals surface area contributed by atoms with Gasteiger partial charge in [0.15, 0.2) is 0 Å². The summed E-state index contributed by atoms with van der Waals surface area (Å²) in [6, 6.07) is 1.93. The van der Waals surface area contributed by atoms with Gasteiger partial charge in [-0.05, 0) is 24.8 Å². The highest BCUT2D eigenvalue weighted by atomic mass is 19.3. The van der Waals surface area contributed by atoms with Gasteiger partial charge in [-0.2, -0.15) is 0 Å². The molecule has 0 saturated carbocycles. The van der Waals surface area contributed by atoms with Gasteiger partial charge in [0.05, 0.1) is 0 Å². The van der Waals surface area contributed by atoms with Crippen LogP contribution in [-0.2, 0) is 0 Å². The number of hydrogen-bond donors (Lipinski definition) is 1. The molecule has 2 atom stereocenters. The Morgan fingerprint density at radius 2 is 2.12 bits per heavy atom. The molecule has 5 heteroatoms. The molecule has 1 aromatic heterocycles. The standard InChI is InChI=1S/C11H13F3N2/c1-15-10(11(13)14)9(12)5-4-8-3-2-6-16-7-8/h2-7,9-11,15H,1H3. The van der Waals surface area contributed by atoms with Gasteiger partial charge in [0.25, 0.3) is 6.43 Å². The smallest absolute Gasteiger partial charge is 0.256 e. The molecule has 16 heavy (non-hydrogen) atoms. The molecule has 0 saturated heterocycles. The van der Waals surface area contributed by atoms with Crippen LogP contribution in [0.3, 0.4) is 0 Å². The van der Waals surface area contributed by atoms with Gasteiger partial charge in [-0.3, -0.25) is 4.98 Å². The number of pyridine rings is 1. The Kier molecular flexibility index (Phi) is 4.98. The third-order valence-corrected chi connectivity index (χ3v) is 2.10. The van der Waals surface area contributed by atoms with Gasteiger partial charge in [-0.25, -0.2) is 13.2 Å². The van der Waals surface area contributed by atoms with Gasteiger partial charge in [0, 0.05) is 12.4 Å². The van der Waals surface area contributed by atoms with Gasteiger partial charge >= 0.3 is 0 Å². The molecule has 88 valence electrons. The van der Waals surface area contributed by atoms with E-state index >= 15 is 0 Å². The van der Waals surface area contributed by atoms with Gasteiger partial charge < -0.3 is 5.32 Å². The fourth-order valence-electron chi connectivity index (χ4n) is 1.22. The molecular weight excluding hydrogens is 217 g/mol. The Hall–Kier alpha value is -1.36. The number of aromatic nitrogens is 1. The summed E-state index contributed by atoms with van der Waals surface area (Å²) in [6.07, 6.45) is 1.18. The van der Waals surface area contributed by atoms with E-state index in [0.29, 0.717) is 5.56 Å². The quantitative estimate of drug-likeness (QED) is 0.839. The van der Waals surface area contributed by atoms with E-state index in [9.17, 15) is 13.2 Å². The van der Waals surface area contributed by atoms with Crippen molar-refractivity contribution in [2.24, 2.45) is 0 Å². The second-order valence-electron chi connectivity index (χ2n) is 3.24. The highest BCUT2D eigenvalue weighted by molar-refractivity contribution is 5.48. The summed E-state index contributed by atoms with van der Waals surface area (Å²) in [5.74, 6) is 0. The zero-order valence-electron chi connectivity index (χ0n) is 8.78. The first-order valence-electron chi connectivity index (χ1n) is 4.83. The Labute approximate surface area is 92.2 Å². The zero-order chi connectivity index (χ0) is 12.0. The first-order valence-corrected chi connectivity index (χ1v) is 4.83. The van der Waals surface area contributed by atoms with E-state index in [1.165, 1.54) is 19.3 Å². The van der Waals surface area contributed by atoms with Crippen molar-refractivity contribution < 1.29 is 13.2 Å². The average molecular weight is 230 g/mol. The van der Waals surface area contributed by atoms with Crippen LogP contribution >= 0.6 is 0 Å². The summed E-state index contributed by atoms with van der Waals surface area (Å²) in [5.41, 5.74) is 0.675. The summed E-state index contributed by atoms with van der Waals surface area (Å²) in [6.45, 7) is 0. The van der Waals surface area contributed by atoms with Crippen molar-refractivity contribution in [3.05, 3.63) is 36.2 Å². The second kappa shape index (κ2) is 6.27. The molecular formula is C11H13F3N2. The summed E-state index contributed by atoms with van der Waals surface area (Å²) in [5, 5.41) is 2.25. The summed E-state index contributed by atoms with van der Waals surface area (Å²) >= 11 is 0. The predicted octanol–water partition coefficient (Wildman–Crippen LogP) is 2.29. The predicted molar refractivity (Wildman–Crippen MR) is 57.0 cm³/mol. The van der Waals surface area contributed by atoms with Crippen molar-refractivity contribution in [2.45, 2.75) is 18.6 Å². The Balaban J connectivity index is 2.63. The number of alkyl halides is 3. The van der Waals surface area contributed by atoms with E-state index in [1.807, 2.05) is 0 Å². The Morgan fingerprint density at radius 1 is 1.38 bits per heavy atom. The summed E-state index contributed by atoms with van der Waals surface area (Å²) in [7, 11) is 1.31. The molecule has 0 aromatic carbocycles. The molecule has 1 aromatic rings. The maximum atomic E-state index is 13.4. The lowest BCUT2D eigenvalue weighted by atomic mass is 10.1. The van der Waals surface area contributed by atoms with Gasteiger partial charge in [-0.1, -0.05) is 12.1 Å². The van der Waals surface area contributed by atoms with E-state index in [4.69, 9.17) is 0 Å². The fourth-order valence-corrected chi connectivity index (χ4v) is 1.22. The number of rotatable bonds is 5. The van der Waals surface area contributed by atoms with Crippen LogP contribution in [0.5, 0.6) is 0 Å². The molecule has 0 spiro atoms. The minimum absolute atomic E-state index is 0.675. The molecule has 0 radical (unpaired) electrons. The molecule has 0 aliphatic carbocycles. The molecule has 0 aliphatic rings. The monoisotopic (exact) mass is 230 g/mol. The molecule has 0 fully saturated rings. The van der Waals surface area contributed by atoms with Crippen LogP contribution in [0.1, 0.15) is 5.56 Å². The zero-order valence-corrected chi connectivity index (χ0v) is 8.78. The molecule has 0 amide bonds. The fraction of sp³-hybridized carbons (Fsp3) is 0.364. The third kappa shape index (κ3) is 3.66. The second-order valence-corrected chi connectivity index (χ2v) is 3.24. The van der Waals surface area contributed by atoms with Gasteiger partial charge in [0.1, 0.15) is 12.2 Å². The van der Waals surface area contributed by atoms with Crippen LogP contribution in [0, 0.1) is 0 Å². The minimum atomic E-state index is -2.74. The van der Waals surface area contributed by atoms with Crippen LogP contribution in [0.25, 0.3) is 6.08 Å². The minimum Gasteiger partial charge on any atom is -0.309 e. The third-order valence-electron chi connectivity index (χ3n) is 2.10. The van der Waals surface area contributed by atoms with Crippen molar-refractivity contribution >= 4 is 6.08 Å². The first-order chi connectivity index (χ1) is 7.65.